The fraction of sp³-hybridized carbons (Fsp3) is 0.304. The zero-order chi connectivity index (χ0) is 22.5. The van der Waals surface area contributed by atoms with E-state index in [-0.39, 0.29) is 23.9 Å². The molecule has 0 saturated heterocycles. The van der Waals surface area contributed by atoms with Crippen molar-refractivity contribution in [1.29, 1.82) is 5.26 Å². The minimum Gasteiger partial charge on any atom is -0.481 e. The van der Waals surface area contributed by atoms with Gasteiger partial charge in [-0.3, -0.25) is 14.2 Å². The van der Waals surface area contributed by atoms with E-state index >= 15 is 0 Å². The van der Waals surface area contributed by atoms with E-state index in [9.17, 15) is 20.0 Å². The normalized spacial score (nSPS) is 12.1. The number of carboxylic acid groups (broad SMARTS) is 1. The number of ketones is 1. The number of nitriles is 1. The van der Waals surface area contributed by atoms with E-state index in [4.69, 9.17) is 0 Å². The van der Waals surface area contributed by atoms with Gasteiger partial charge in [-0.1, -0.05) is 49.9 Å². The number of aromatic nitrogens is 2. The standard InChI is InChI=1S/C23H22BrN3O3S/c1-14(2)9-16(22(29)30)10-17(28)13-31-23-26-12-21(24)27(23)20-8-7-15(11-25)18-5-3-4-6-19(18)20/h3-8,12,14,16H,9-10,13H2,1-2H3,(H,29,30). The molecule has 8 heteroatoms. The minimum absolute atomic E-state index is 0.0161. The molecule has 1 N–H and O–H groups in total. The van der Waals surface area contributed by atoms with Crippen molar-refractivity contribution in [2.75, 3.05) is 5.75 Å². The molecule has 3 rings (SSSR count). The molecule has 0 amide bonds. The second-order valence-electron chi connectivity index (χ2n) is 7.68. The summed E-state index contributed by atoms with van der Waals surface area (Å²) in [6, 6.07) is 13.5. The molecule has 6 nitrogen and oxygen atoms in total. The second kappa shape index (κ2) is 10.1. The first kappa shape index (κ1) is 23.0. The number of thioether (sulfide) groups is 1. The van der Waals surface area contributed by atoms with Crippen LogP contribution < -0.4 is 0 Å². The van der Waals surface area contributed by atoms with E-state index in [2.05, 4.69) is 27.0 Å². The van der Waals surface area contributed by atoms with Gasteiger partial charge in [0.15, 0.2) is 5.16 Å². The van der Waals surface area contributed by atoms with Gasteiger partial charge in [-0.2, -0.15) is 5.26 Å². The number of Topliss-reactive ketones (excluding diaryl/α,β-unsaturated/α-hetero) is 1. The molecule has 0 saturated carbocycles. The van der Waals surface area contributed by atoms with Crippen LogP contribution in [0.25, 0.3) is 16.5 Å². The highest BCUT2D eigenvalue weighted by Gasteiger charge is 2.23. The van der Waals surface area contributed by atoms with Crippen LogP contribution in [0.2, 0.25) is 0 Å². The predicted molar refractivity (Wildman–Crippen MR) is 124 cm³/mol. The third-order valence-electron chi connectivity index (χ3n) is 4.89. The molecule has 1 unspecified atom stereocenters. The van der Waals surface area contributed by atoms with Crippen molar-refractivity contribution >= 4 is 50.2 Å². The summed E-state index contributed by atoms with van der Waals surface area (Å²) in [4.78, 5) is 28.4. The SMILES string of the molecule is CC(C)CC(CC(=O)CSc1ncc(Br)n1-c1ccc(C#N)c2ccccc12)C(=O)O. The van der Waals surface area contributed by atoms with Gasteiger partial charge in [-0.05, 0) is 40.4 Å². The van der Waals surface area contributed by atoms with Crippen LogP contribution >= 0.6 is 27.7 Å². The van der Waals surface area contributed by atoms with E-state index < -0.39 is 11.9 Å². The molecule has 0 aliphatic carbocycles. The van der Waals surface area contributed by atoms with Gasteiger partial charge in [0.05, 0.1) is 35.2 Å². The number of fused-ring (bicyclic) bond motifs is 1. The zero-order valence-electron chi connectivity index (χ0n) is 17.2. The maximum atomic E-state index is 12.5. The van der Waals surface area contributed by atoms with E-state index in [0.717, 1.165) is 21.1 Å². The van der Waals surface area contributed by atoms with Crippen molar-refractivity contribution in [3.05, 3.63) is 52.8 Å². The number of rotatable bonds is 9. The molecule has 1 aromatic heterocycles. The molecule has 2 aromatic carbocycles. The number of aliphatic carboxylic acids is 1. The van der Waals surface area contributed by atoms with Gasteiger partial charge in [0.1, 0.15) is 10.4 Å². The Kier molecular flexibility index (Phi) is 7.52. The molecule has 0 aliphatic rings. The molecular formula is C23H22BrN3O3S. The van der Waals surface area contributed by atoms with Gasteiger partial charge >= 0.3 is 5.97 Å². The highest BCUT2D eigenvalue weighted by Crippen LogP contribution is 2.32. The van der Waals surface area contributed by atoms with E-state index in [1.165, 1.54) is 11.8 Å². The van der Waals surface area contributed by atoms with Crippen LogP contribution in [0.5, 0.6) is 0 Å². The lowest BCUT2D eigenvalue weighted by molar-refractivity contribution is -0.144. The number of imidazole rings is 1. The summed E-state index contributed by atoms with van der Waals surface area (Å²) in [5, 5.41) is 21.2. The van der Waals surface area contributed by atoms with Crippen molar-refractivity contribution in [3.8, 4) is 11.8 Å². The van der Waals surface area contributed by atoms with Gasteiger partial charge < -0.3 is 5.11 Å². The van der Waals surface area contributed by atoms with Crippen molar-refractivity contribution in [2.24, 2.45) is 11.8 Å². The van der Waals surface area contributed by atoms with Crippen LogP contribution in [-0.2, 0) is 9.59 Å². The first-order valence-corrected chi connectivity index (χ1v) is 11.6. The van der Waals surface area contributed by atoms with E-state index in [0.29, 0.717) is 17.1 Å². The molecule has 0 spiro atoms. The highest BCUT2D eigenvalue weighted by molar-refractivity contribution is 9.10. The Morgan fingerprint density at radius 1 is 1.23 bits per heavy atom. The molecule has 1 atom stereocenters. The molecule has 31 heavy (non-hydrogen) atoms. The van der Waals surface area contributed by atoms with Crippen LogP contribution in [0.15, 0.2) is 52.4 Å². The summed E-state index contributed by atoms with van der Waals surface area (Å²) >= 11 is 4.80. The third-order valence-corrected chi connectivity index (χ3v) is 6.46. The van der Waals surface area contributed by atoms with Crippen LogP contribution in [0.3, 0.4) is 0 Å². The Morgan fingerprint density at radius 2 is 1.94 bits per heavy atom. The predicted octanol–water partition coefficient (Wildman–Crippen LogP) is 5.46. The third kappa shape index (κ3) is 5.35. The fourth-order valence-corrected chi connectivity index (χ4v) is 4.97. The summed E-state index contributed by atoms with van der Waals surface area (Å²) in [5.74, 6) is -1.36. The number of hydrogen-bond donors (Lipinski definition) is 1. The quantitative estimate of drug-likeness (QED) is 0.392. The van der Waals surface area contributed by atoms with Gasteiger partial charge in [0, 0.05) is 17.2 Å². The first-order valence-electron chi connectivity index (χ1n) is 9.84. The van der Waals surface area contributed by atoms with Crippen LogP contribution in [-0.4, -0.2) is 32.2 Å². The average Bonchev–Trinajstić information content (AvgIpc) is 3.10. The maximum absolute atomic E-state index is 12.5. The molecule has 1 heterocycles. The van der Waals surface area contributed by atoms with Crippen LogP contribution in [0.1, 0.15) is 32.3 Å². The van der Waals surface area contributed by atoms with Crippen LogP contribution in [0, 0.1) is 23.2 Å². The first-order chi connectivity index (χ1) is 14.8. The Labute approximate surface area is 193 Å². The summed E-state index contributed by atoms with van der Waals surface area (Å²) in [5.41, 5.74) is 1.43. The lowest BCUT2D eigenvalue weighted by Gasteiger charge is -2.14. The molecule has 0 fully saturated rings. The lowest BCUT2D eigenvalue weighted by atomic mass is 9.93. The van der Waals surface area contributed by atoms with Gasteiger partial charge in [0.25, 0.3) is 0 Å². The summed E-state index contributed by atoms with van der Waals surface area (Å²) in [6.07, 6.45) is 2.16. The van der Waals surface area contributed by atoms with Gasteiger partial charge in [-0.15, -0.1) is 0 Å². The van der Waals surface area contributed by atoms with Crippen molar-refractivity contribution < 1.29 is 14.7 Å². The topological polar surface area (TPSA) is 96.0 Å². The Bertz CT molecular complexity index is 1170. The number of halogens is 1. The highest BCUT2D eigenvalue weighted by atomic mass is 79.9. The summed E-state index contributed by atoms with van der Waals surface area (Å²) in [7, 11) is 0. The van der Waals surface area contributed by atoms with Crippen molar-refractivity contribution in [1.82, 2.24) is 9.55 Å². The molecule has 0 bridgehead atoms. The average molecular weight is 500 g/mol. The number of carbonyl (C=O) groups excluding carboxylic acids is 1. The number of hydrogen-bond acceptors (Lipinski definition) is 5. The van der Waals surface area contributed by atoms with Crippen molar-refractivity contribution in [3.63, 3.8) is 0 Å². The minimum atomic E-state index is -0.930. The number of carboxylic acids is 1. The van der Waals surface area contributed by atoms with Gasteiger partial charge in [0.2, 0.25) is 0 Å². The Hall–Kier alpha value is -2.63. The molecule has 160 valence electrons. The monoisotopic (exact) mass is 499 g/mol. The number of nitrogens with zero attached hydrogens (tertiary/aromatic N) is 3. The van der Waals surface area contributed by atoms with Gasteiger partial charge in [-0.25, -0.2) is 4.98 Å². The number of carbonyl (C=O) groups is 2. The van der Waals surface area contributed by atoms with E-state index in [1.807, 2.05) is 48.7 Å². The van der Waals surface area contributed by atoms with E-state index in [1.54, 1.807) is 12.3 Å². The largest absolute Gasteiger partial charge is 0.481 e. The molecule has 3 aromatic rings. The molecule has 0 radical (unpaired) electrons. The molecular weight excluding hydrogens is 478 g/mol. The summed E-state index contributed by atoms with van der Waals surface area (Å²) in [6.45, 7) is 3.90. The van der Waals surface area contributed by atoms with Crippen molar-refractivity contribution in [2.45, 2.75) is 31.8 Å². The second-order valence-corrected chi connectivity index (χ2v) is 9.44. The Morgan fingerprint density at radius 3 is 2.58 bits per heavy atom. The maximum Gasteiger partial charge on any atom is 0.306 e. The zero-order valence-corrected chi connectivity index (χ0v) is 19.6. The Balaban J connectivity index is 1.85. The fourth-order valence-electron chi connectivity index (χ4n) is 3.53. The smallest absolute Gasteiger partial charge is 0.306 e. The molecule has 0 aliphatic heterocycles. The summed E-state index contributed by atoms with van der Waals surface area (Å²) < 4.78 is 2.62. The number of benzene rings is 2. The lowest BCUT2D eigenvalue weighted by Crippen LogP contribution is -2.20. The van der Waals surface area contributed by atoms with Crippen LogP contribution in [0.4, 0.5) is 0 Å².